The summed E-state index contributed by atoms with van der Waals surface area (Å²) < 4.78 is 28.5. The van der Waals surface area contributed by atoms with Crippen LogP contribution in [0.25, 0.3) is 0 Å². The predicted molar refractivity (Wildman–Crippen MR) is 52.8 cm³/mol. The van der Waals surface area contributed by atoms with Crippen LogP contribution in [0.1, 0.15) is 18.6 Å². The first kappa shape index (κ1) is 12.1. The fraction of sp³-hybridized carbons (Fsp3) is 0.455. The van der Waals surface area contributed by atoms with E-state index in [1.165, 1.54) is 0 Å². The Morgan fingerprint density at radius 1 is 1.27 bits per heavy atom. The van der Waals surface area contributed by atoms with Crippen LogP contribution in [0.15, 0.2) is 30.3 Å². The molecule has 4 heteroatoms. The first-order valence-electron chi connectivity index (χ1n) is 4.74. The van der Waals surface area contributed by atoms with Gasteiger partial charge in [0.25, 0.3) is 6.43 Å². The SMILES string of the molecule is CC(OCC(F)F)C(O)c1ccccc1. The molecule has 0 aliphatic rings. The number of hydrogen-bond donors (Lipinski definition) is 1. The quantitative estimate of drug-likeness (QED) is 0.818. The van der Waals surface area contributed by atoms with Gasteiger partial charge in [-0.2, -0.15) is 0 Å². The van der Waals surface area contributed by atoms with Gasteiger partial charge < -0.3 is 9.84 Å². The molecule has 0 aromatic heterocycles. The monoisotopic (exact) mass is 216 g/mol. The first-order valence-corrected chi connectivity index (χ1v) is 4.74. The Balaban J connectivity index is 2.49. The average Bonchev–Trinajstić information content (AvgIpc) is 2.26. The Kier molecular flexibility index (Phi) is 4.65. The largest absolute Gasteiger partial charge is 0.386 e. The van der Waals surface area contributed by atoms with Gasteiger partial charge in [-0.15, -0.1) is 0 Å². The molecular formula is C11H14F2O2. The van der Waals surface area contributed by atoms with E-state index < -0.39 is 25.2 Å². The molecule has 84 valence electrons. The van der Waals surface area contributed by atoms with Gasteiger partial charge in [-0.25, -0.2) is 8.78 Å². The van der Waals surface area contributed by atoms with Gasteiger partial charge >= 0.3 is 0 Å². The predicted octanol–water partition coefficient (Wildman–Crippen LogP) is 2.39. The molecule has 0 aliphatic heterocycles. The number of hydrogen-bond acceptors (Lipinski definition) is 2. The normalized spacial score (nSPS) is 15.3. The molecule has 0 amide bonds. The zero-order chi connectivity index (χ0) is 11.3. The van der Waals surface area contributed by atoms with Crippen LogP contribution in [0.3, 0.4) is 0 Å². The molecule has 1 aromatic carbocycles. The van der Waals surface area contributed by atoms with E-state index in [2.05, 4.69) is 0 Å². The summed E-state index contributed by atoms with van der Waals surface area (Å²) in [6.45, 7) is 0.922. The molecule has 0 aliphatic carbocycles. The molecule has 0 fully saturated rings. The van der Waals surface area contributed by atoms with Crippen molar-refractivity contribution in [2.24, 2.45) is 0 Å². The van der Waals surface area contributed by atoms with Crippen LogP contribution in [-0.2, 0) is 4.74 Å². The zero-order valence-corrected chi connectivity index (χ0v) is 8.44. The van der Waals surface area contributed by atoms with Crippen LogP contribution in [0.4, 0.5) is 8.78 Å². The van der Waals surface area contributed by atoms with Crippen molar-refractivity contribution >= 4 is 0 Å². The van der Waals surface area contributed by atoms with Gasteiger partial charge in [0.15, 0.2) is 0 Å². The Bertz CT molecular complexity index is 277. The third-order valence-electron chi connectivity index (χ3n) is 2.07. The van der Waals surface area contributed by atoms with Crippen molar-refractivity contribution < 1.29 is 18.6 Å². The van der Waals surface area contributed by atoms with Crippen LogP contribution >= 0.6 is 0 Å². The van der Waals surface area contributed by atoms with Crippen LogP contribution in [0.2, 0.25) is 0 Å². The highest BCUT2D eigenvalue weighted by atomic mass is 19.3. The summed E-state index contributed by atoms with van der Waals surface area (Å²) in [5.41, 5.74) is 0.666. The molecule has 1 aromatic rings. The summed E-state index contributed by atoms with van der Waals surface area (Å²) in [4.78, 5) is 0. The maximum absolute atomic E-state index is 11.9. The van der Waals surface area contributed by atoms with E-state index >= 15 is 0 Å². The van der Waals surface area contributed by atoms with E-state index in [1.54, 1.807) is 31.2 Å². The minimum Gasteiger partial charge on any atom is -0.386 e. The van der Waals surface area contributed by atoms with Crippen molar-refractivity contribution in [3.63, 3.8) is 0 Å². The van der Waals surface area contributed by atoms with Crippen molar-refractivity contribution in [1.82, 2.24) is 0 Å². The van der Waals surface area contributed by atoms with Gasteiger partial charge in [-0.3, -0.25) is 0 Å². The second-order valence-electron chi connectivity index (χ2n) is 3.29. The second-order valence-corrected chi connectivity index (χ2v) is 3.29. The summed E-state index contributed by atoms with van der Waals surface area (Å²) in [5.74, 6) is 0. The highest BCUT2D eigenvalue weighted by Crippen LogP contribution is 2.18. The molecule has 0 saturated heterocycles. The Morgan fingerprint density at radius 2 is 1.87 bits per heavy atom. The van der Waals surface area contributed by atoms with Crippen molar-refractivity contribution in [2.75, 3.05) is 6.61 Å². The highest BCUT2D eigenvalue weighted by molar-refractivity contribution is 5.18. The van der Waals surface area contributed by atoms with Crippen molar-refractivity contribution in [1.29, 1.82) is 0 Å². The Hall–Kier alpha value is -1.00. The summed E-state index contributed by atoms with van der Waals surface area (Å²) in [6.07, 6.45) is -4.01. The van der Waals surface area contributed by atoms with E-state index in [4.69, 9.17) is 4.74 Å². The number of aliphatic hydroxyl groups excluding tert-OH is 1. The minimum atomic E-state index is -2.50. The Labute approximate surface area is 87.5 Å². The number of alkyl halides is 2. The molecule has 0 heterocycles. The van der Waals surface area contributed by atoms with Crippen LogP contribution in [0, 0.1) is 0 Å². The second kappa shape index (κ2) is 5.78. The molecule has 1 rings (SSSR count). The lowest BCUT2D eigenvalue weighted by atomic mass is 10.1. The third kappa shape index (κ3) is 3.93. The molecule has 2 nitrogen and oxygen atoms in total. The van der Waals surface area contributed by atoms with Gasteiger partial charge in [-0.05, 0) is 12.5 Å². The van der Waals surface area contributed by atoms with Gasteiger partial charge in [0, 0.05) is 0 Å². The number of aliphatic hydroxyl groups is 1. The molecule has 0 spiro atoms. The van der Waals surface area contributed by atoms with E-state index in [1.807, 2.05) is 6.07 Å². The fourth-order valence-corrected chi connectivity index (χ4v) is 1.24. The maximum Gasteiger partial charge on any atom is 0.261 e. The molecule has 1 N–H and O–H groups in total. The maximum atomic E-state index is 11.9. The van der Waals surface area contributed by atoms with E-state index in [9.17, 15) is 13.9 Å². The third-order valence-corrected chi connectivity index (χ3v) is 2.07. The smallest absolute Gasteiger partial charge is 0.261 e. The molecule has 0 radical (unpaired) electrons. The Morgan fingerprint density at radius 3 is 2.40 bits per heavy atom. The van der Waals surface area contributed by atoms with Crippen molar-refractivity contribution in [3.8, 4) is 0 Å². The standard InChI is InChI=1S/C11H14F2O2/c1-8(15-7-10(12)13)11(14)9-5-3-2-4-6-9/h2-6,8,10-11,14H,7H2,1H3. The van der Waals surface area contributed by atoms with E-state index in [-0.39, 0.29) is 0 Å². The van der Waals surface area contributed by atoms with Crippen molar-refractivity contribution in [3.05, 3.63) is 35.9 Å². The van der Waals surface area contributed by atoms with Gasteiger partial charge in [0.05, 0.1) is 6.10 Å². The summed E-state index contributed by atoms with van der Waals surface area (Å²) >= 11 is 0. The van der Waals surface area contributed by atoms with Gasteiger partial charge in [-0.1, -0.05) is 30.3 Å². The molecule has 0 saturated carbocycles. The topological polar surface area (TPSA) is 29.5 Å². The van der Waals surface area contributed by atoms with Crippen molar-refractivity contribution in [2.45, 2.75) is 25.6 Å². The van der Waals surface area contributed by atoms with Crippen LogP contribution in [0.5, 0.6) is 0 Å². The molecule has 15 heavy (non-hydrogen) atoms. The molecule has 2 unspecified atom stereocenters. The first-order chi connectivity index (χ1) is 7.11. The minimum absolute atomic E-state index is 0.638. The zero-order valence-electron chi connectivity index (χ0n) is 8.44. The summed E-state index contributed by atoms with van der Waals surface area (Å²) in [6, 6.07) is 8.83. The van der Waals surface area contributed by atoms with E-state index in [0.29, 0.717) is 5.56 Å². The lowest BCUT2D eigenvalue weighted by Crippen LogP contribution is -2.21. The lowest BCUT2D eigenvalue weighted by molar-refractivity contribution is -0.0676. The summed E-state index contributed by atoms with van der Waals surface area (Å²) in [7, 11) is 0. The number of rotatable bonds is 5. The lowest BCUT2D eigenvalue weighted by Gasteiger charge is -2.19. The van der Waals surface area contributed by atoms with E-state index in [0.717, 1.165) is 0 Å². The highest BCUT2D eigenvalue weighted by Gasteiger charge is 2.17. The average molecular weight is 216 g/mol. The van der Waals surface area contributed by atoms with Gasteiger partial charge in [0.2, 0.25) is 0 Å². The van der Waals surface area contributed by atoms with Crippen LogP contribution in [-0.4, -0.2) is 24.2 Å². The number of benzene rings is 1. The molecule has 0 bridgehead atoms. The number of ether oxygens (including phenoxy) is 1. The molecule has 2 atom stereocenters. The summed E-state index contributed by atoms with van der Waals surface area (Å²) in [5, 5.41) is 9.73. The van der Waals surface area contributed by atoms with Gasteiger partial charge in [0.1, 0.15) is 12.7 Å². The van der Waals surface area contributed by atoms with Crippen LogP contribution < -0.4 is 0 Å². The number of halogens is 2. The molecular weight excluding hydrogens is 202 g/mol. The fourth-order valence-electron chi connectivity index (χ4n) is 1.24.